The van der Waals surface area contributed by atoms with Gasteiger partial charge in [-0.15, -0.1) is 0 Å². The number of carbonyl (C=O) groups is 1. The maximum Gasteiger partial charge on any atom is 0.228 e. The lowest BCUT2D eigenvalue weighted by molar-refractivity contribution is -0.120. The van der Waals surface area contributed by atoms with E-state index in [9.17, 15) is 4.79 Å². The molecular formula is C35H41Cl2F2NO2. The molecule has 1 aliphatic rings. The molecule has 1 amide bonds. The van der Waals surface area contributed by atoms with E-state index in [-0.39, 0.29) is 32.7 Å². The van der Waals surface area contributed by atoms with E-state index in [0.717, 1.165) is 5.56 Å². The van der Waals surface area contributed by atoms with Crippen LogP contribution in [0, 0.1) is 28.9 Å². The summed E-state index contributed by atoms with van der Waals surface area (Å²) in [5.41, 5.74) is 1.10. The maximum atomic E-state index is 15.9. The van der Waals surface area contributed by atoms with Crippen LogP contribution in [-0.4, -0.2) is 13.0 Å². The van der Waals surface area contributed by atoms with E-state index in [1.165, 1.54) is 12.1 Å². The molecule has 4 rings (SSSR count). The van der Waals surface area contributed by atoms with Crippen LogP contribution in [0.3, 0.4) is 0 Å². The molecule has 4 atom stereocenters. The molecule has 0 aromatic heterocycles. The first-order valence-electron chi connectivity index (χ1n) is 14.4. The number of nitrogens with one attached hydrogen (secondary N) is 1. The van der Waals surface area contributed by atoms with Gasteiger partial charge in [-0.2, -0.15) is 0 Å². The highest BCUT2D eigenvalue weighted by Crippen LogP contribution is 2.61. The van der Waals surface area contributed by atoms with E-state index in [1.807, 2.05) is 25.1 Å². The number of methoxy groups -OCH3 is 1. The van der Waals surface area contributed by atoms with Crippen LogP contribution in [0.15, 0.2) is 54.6 Å². The molecule has 0 unspecified atom stereocenters. The van der Waals surface area contributed by atoms with Crippen LogP contribution < -0.4 is 10.1 Å². The van der Waals surface area contributed by atoms with Crippen LogP contribution in [0.4, 0.5) is 14.5 Å². The number of carbonyl (C=O) groups excluding carboxylic acids is 1. The molecule has 0 bridgehead atoms. The van der Waals surface area contributed by atoms with E-state index in [2.05, 4.69) is 46.9 Å². The van der Waals surface area contributed by atoms with Gasteiger partial charge >= 0.3 is 0 Å². The fraction of sp³-hybridized carbons (Fsp3) is 0.457. The van der Waals surface area contributed by atoms with Crippen LogP contribution >= 0.6 is 23.2 Å². The van der Waals surface area contributed by atoms with E-state index < -0.39 is 28.9 Å². The molecular weight excluding hydrogens is 575 g/mol. The maximum absolute atomic E-state index is 15.9. The molecule has 1 N–H and O–H groups in total. The predicted molar refractivity (Wildman–Crippen MR) is 169 cm³/mol. The number of halogens is 4. The molecule has 1 saturated carbocycles. The largest absolute Gasteiger partial charge is 0.495 e. The van der Waals surface area contributed by atoms with Gasteiger partial charge in [-0.05, 0) is 76.6 Å². The van der Waals surface area contributed by atoms with Crippen LogP contribution in [-0.2, 0) is 15.6 Å². The summed E-state index contributed by atoms with van der Waals surface area (Å²) in [6.45, 7) is 14.6. The second kappa shape index (κ2) is 11.8. The van der Waals surface area contributed by atoms with Crippen molar-refractivity contribution in [3.63, 3.8) is 0 Å². The Morgan fingerprint density at radius 3 is 2.31 bits per heavy atom. The van der Waals surface area contributed by atoms with E-state index in [4.69, 9.17) is 27.9 Å². The molecule has 7 heteroatoms. The topological polar surface area (TPSA) is 38.3 Å². The normalized spacial score (nSPS) is 22.7. The lowest BCUT2D eigenvalue weighted by atomic mass is 9.62. The standard InChI is InChI=1S/C35H41Cl2F2NO2/c1-33(2,3)19-21-16-24(32(41)40-28-15-12-20(34(4,5)6)17-29(28)42-8)30(23-10-9-11-26(37)31(23)39)35(21,7)25-14-13-22(36)18-27(25)38/h9-15,17-18,21,24,30H,16,19H2,1-8H3,(H,40,41)/t21-,24+,30-,35+/m0/s1. The SMILES string of the molecule is COc1cc(C(C)(C)C)ccc1NC(=O)[C@@H]1C[C@@H](CC(C)(C)C)[C@](C)(c2ccc(Cl)cc2F)[C@H]1c1cccc(Cl)c1F. The Labute approximate surface area is 259 Å². The second-order valence-corrected chi connectivity index (χ2v) is 14.8. The van der Waals surface area contributed by atoms with Crippen molar-refractivity contribution in [3.05, 3.63) is 93.0 Å². The van der Waals surface area contributed by atoms with Crippen LogP contribution in [0.1, 0.15) is 83.9 Å². The summed E-state index contributed by atoms with van der Waals surface area (Å²) in [5.74, 6) is -2.35. The fourth-order valence-corrected chi connectivity index (χ4v) is 7.09. The summed E-state index contributed by atoms with van der Waals surface area (Å²) in [6.07, 6.45) is 1.12. The minimum atomic E-state index is -0.949. The van der Waals surface area contributed by atoms with Crippen LogP contribution in [0.5, 0.6) is 5.75 Å². The molecule has 1 aliphatic carbocycles. The van der Waals surface area contributed by atoms with Gasteiger partial charge in [-0.25, -0.2) is 8.78 Å². The summed E-state index contributed by atoms with van der Waals surface area (Å²) in [4.78, 5) is 14.3. The quantitative estimate of drug-likeness (QED) is 0.299. The van der Waals surface area contributed by atoms with E-state index in [0.29, 0.717) is 35.4 Å². The number of ether oxygens (including phenoxy) is 1. The lowest BCUT2D eigenvalue weighted by Gasteiger charge is -2.41. The molecule has 0 heterocycles. The van der Waals surface area contributed by atoms with Crippen molar-refractivity contribution in [3.8, 4) is 5.75 Å². The third-order valence-corrected chi connectivity index (χ3v) is 9.31. The highest BCUT2D eigenvalue weighted by atomic mass is 35.5. The average Bonchev–Trinajstić information content (AvgIpc) is 3.16. The third-order valence-electron chi connectivity index (χ3n) is 8.78. The fourth-order valence-electron chi connectivity index (χ4n) is 6.75. The third kappa shape index (κ3) is 6.33. The van der Waals surface area contributed by atoms with Gasteiger partial charge in [0.2, 0.25) is 5.91 Å². The summed E-state index contributed by atoms with van der Waals surface area (Å²) in [5, 5.41) is 3.31. The summed E-state index contributed by atoms with van der Waals surface area (Å²) >= 11 is 12.4. The molecule has 3 nitrogen and oxygen atoms in total. The molecule has 0 aliphatic heterocycles. The Hall–Kier alpha value is -2.63. The van der Waals surface area contributed by atoms with Crippen molar-refractivity contribution in [2.75, 3.05) is 12.4 Å². The van der Waals surface area contributed by atoms with Crippen molar-refractivity contribution >= 4 is 34.8 Å². The Balaban J connectivity index is 1.89. The highest BCUT2D eigenvalue weighted by molar-refractivity contribution is 6.31. The summed E-state index contributed by atoms with van der Waals surface area (Å²) in [7, 11) is 1.57. The Morgan fingerprint density at radius 1 is 1.02 bits per heavy atom. The monoisotopic (exact) mass is 615 g/mol. The highest BCUT2D eigenvalue weighted by Gasteiger charge is 2.57. The number of hydrogen-bond acceptors (Lipinski definition) is 2. The number of amides is 1. The second-order valence-electron chi connectivity index (χ2n) is 14.0. The number of benzene rings is 3. The Kier molecular flexibility index (Phi) is 9.08. The lowest BCUT2D eigenvalue weighted by Crippen LogP contribution is -2.38. The Morgan fingerprint density at radius 2 is 1.71 bits per heavy atom. The number of hydrogen-bond donors (Lipinski definition) is 1. The first-order chi connectivity index (χ1) is 19.5. The molecule has 226 valence electrons. The molecule has 0 saturated heterocycles. The molecule has 0 radical (unpaired) electrons. The first-order valence-corrected chi connectivity index (χ1v) is 15.1. The van der Waals surface area contributed by atoms with Crippen molar-refractivity contribution in [1.82, 2.24) is 0 Å². The molecule has 3 aromatic rings. The van der Waals surface area contributed by atoms with Gasteiger partial charge in [-0.3, -0.25) is 4.79 Å². The van der Waals surface area contributed by atoms with Crippen molar-refractivity contribution < 1.29 is 18.3 Å². The average molecular weight is 617 g/mol. The zero-order valence-electron chi connectivity index (χ0n) is 25.7. The molecule has 0 spiro atoms. The smallest absolute Gasteiger partial charge is 0.228 e. The van der Waals surface area contributed by atoms with Gasteiger partial charge in [0.05, 0.1) is 17.8 Å². The zero-order valence-corrected chi connectivity index (χ0v) is 27.2. The minimum absolute atomic E-state index is 0.0377. The summed E-state index contributed by atoms with van der Waals surface area (Å²) in [6, 6.07) is 15.2. The van der Waals surface area contributed by atoms with Crippen molar-refractivity contribution in [2.45, 2.75) is 78.1 Å². The molecule has 1 fully saturated rings. The summed E-state index contributed by atoms with van der Waals surface area (Å²) < 4.78 is 37.4. The molecule has 3 aromatic carbocycles. The van der Waals surface area contributed by atoms with Gasteiger partial charge in [0.1, 0.15) is 17.4 Å². The van der Waals surface area contributed by atoms with Gasteiger partial charge in [0.25, 0.3) is 0 Å². The van der Waals surface area contributed by atoms with Crippen molar-refractivity contribution in [1.29, 1.82) is 0 Å². The van der Waals surface area contributed by atoms with Crippen LogP contribution in [0.2, 0.25) is 10.0 Å². The Bertz CT molecular complexity index is 1480. The first kappa shape index (κ1) is 32.3. The number of anilines is 1. The van der Waals surface area contributed by atoms with Crippen LogP contribution in [0.25, 0.3) is 0 Å². The van der Waals surface area contributed by atoms with Gasteiger partial charge < -0.3 is 10.1 Å². The van der Waals surface area contributed by atoms with E-state index >= 15 is 8.78 Å². The van der Waals surface area contributed by atoms with Gasteiger partial charge in [-0.1, -0.05) is 95.9 Å². The van der Waals surface area contributed by atoms with E-state index in [1.54, 1.807) is 31.4 Å². The van der Waals surface area contributed by atoms with Crippen molar-refractivity contribution in [2.24, 2.45) is 17.3 Å². The minimum Gasteiger partial charge on any atom is -0.495 e. The van der Waals surface area contributed by atoms with Gasteiger partial charge in [0, 0.05) is 22.3 Å². The zero-order chi connectivity index (χ0) is 31.2. The molecule has 42 heavy (non-hydrogen) atoms. The predicted octanol–water partition coefficient (Wildman–Crippen LogP) is 10.3. The number of rotatable bonds is 6. The van der Waals surface area contributed by atoms with Gasteiger partial charge in [0.15, 0.2) is 0 Å².